The van der Waals surface area contributed by atoms with Gasteiger partial charge in [0.1, 0.15) is 6.04 Å². The summed E-state index contributed by atoms with van der Waals surface area (Å²) in [6.07, 6.45) is 0. The molecule has 0 aromatic carbocycles. The molecule has 0 aromatic rings. The summed E-state index contributed by atoms with van der Waals surface area (Å²) in [5.41, 5.74) is 0. The highest BCUT2D eigenvalue weighted by Gasteiger charge is 2.04. The Balaban J connectivity index is 3.55. The van der Waals surface area contributed by atoms with E-state index in [0.29, 0.717) is 0 Å². The molecule has 1 unspecified atom stereocenters. The Bertz CT molecular complexity index is 92.9. The third-order valence-electron chi connectivity index (χ3n) is 0.551. The molecule has 0 aliphatic heterocycles. The van der Waals surface area contributed by atoms with Crippen LogP contribution < -0.4 is 0 Å². The first-order valence-corrected chi connectivity index (χ1v) is 2.22. The van der Waals surface area contributed by atoms with E-state index in [4.69, 9.17) is 5.11 Å². The van der Waals surface area contributed by atoms with E-state index in [1.165, 1.54) is 6.92 Å². The summed E-state index contributed by atoms with van der Waals surface area (Å²) in [5.74, 6) is -0.921. The van der Waals surface area contributed by atoms with Crippen LogP contribution in [0.5, 0.6) is 0 Å². The SMILES string of the molecule is CC(N=P)C(=O)O. The van der Waals surface area contributed by atoms with Crippen molar-refractivity contribution in [3.63, 3.8) is 0 Å². The van der Waals surface area contributed by atoms with Crippen molar-refractivity contribution in [3.8, 4) is 0 Å². The average molecular weight is 119 g/mol. The van der Waals surface area contributed by atoms with Crippen LogP contribution in [0.2, 0.25) is 0 Å². The lowest BCUT2D eigenvalue weighted by Crippen LogP contribution is -2.10. The van der Waals surface area contributed by atoms with Crippen LogP contribution in [0, 0.1) is 0 Å². The summed E-state index contributed by atoms with van der Waals surface area (Å²) in [6, 6.07) is -0.642. The summed E-state index contributed by atoms with van der Waals surface area (Å²) in [7, 11) is 2.70. The van der Waals surface area contributed by atoms with Crippen molar-refractivity contribution in [3.05, 3.63) is 0 Å². The highest BCUT2D eigenvalue weighted by molar-refractivity contribution is 7.04. The molecule has 40 valence electrons. The lowest BCUT2D eigenvalue weighted by atomic mass is 10.4. The molecule has 1 atom stereocenters. The van der Waals surface area contributed by atoms with E-state index in [1.54, 1.807) is 0 Å². The molecule has 3 nitrogen and oxygen atoms in total. The maximum atomic E-state index is 9.81. The standard InChI is InChI=1S/C3H6NO2P/c1-2(4-7)3(5)6/h2,7H,1H3,(H,5,6). The summed E-state index contributed by atoms with van der Waals surface area (Å²) in [6.45, 7) is 1.48. The van der Waals surface area contributed by atoms with E-state index >= 15 is 0 Å². The van der Waals surface area contributed by atoms with Crippen molar-refractivity contribution in [2.45, 2.75) is 13.0 Å². The molecule has 0 bridgehead atoms. The van der Waals surface area contributed by atoms with Gasteiger partial charge in [-0.2, -0.15) is 0 Å². The lowest BCUT2D eigenvalue weighted by Gasteiger charge is -1.91. The number of rotatable bonds is 2. The maximum absolute atomic E-state index is 9.81. The minimum atomic E-state index is -0.921. The molecular weight excluding hydrogens is 113 g/mol. The minimum Gasteiger partial charge on any atom is -0.480 e. The second kappa shape index (κ2) is 2.69. The topological polar surface area (TPSA) is 49.7 Å². The summed E-state index contributed by atoms with van der Waals surface area (Å²) in [5, 5.41) is 8.06. The van der Waals surface area contributed by atoms with Gasteiger partial charge in [0.25, 0.3) is 0 Å². The van der Waals surface area contributed by atoms with Crippen LogP contribution in [0.15, 0.2) is 4.74 Å². The van der Waals surface area contributed by atoms with E-state index in [1.807, 2.05) is 0 Å². The Hall–Kier alpha value is -0.430. The predicted molar refractivity (Wildman–Crippen MR) is 27.8 cm³/mol. The molecule has 4 heteroatoms. The quantitative estimate of drug-likeness (QED) is 0.546. The third kappa shape index (κ3) is 2.29. The normalized spacial score (nSPS) is 12.7. The van der Waals surface area contributed by atoms with Gasteiger partial charge >= 0.3 is 5.97 Å². The van der Waals surface area contributed by atoms with Crippen LogP contribution >= 0.6 is 9.03 Å². The van der Waals surface area contributed by atoms with Crippen LogP contribution in [0.1, 0.15) is 6.92 Å². The number of carboxylic acids is 1. The molecule has 0 rings (SSSR count). The first kappa shape index (κ1) is 6.57. The van der Waals surface area contributed by atoms with Crippen LogP contribution in [-0.2, 0) is 4.79 Å². The van der Waals surface area contributed by atoms with Crippen molar-refractivity contribution in [2.75, 3.05) is 0 Å². The molecule has 0 aliphatic carbocycles. The molecule has 0 saturated heterocycles. The minimum absolute atomic E-state index is 0.642. The molecule has 0 fully saturated rings. The number of carbonyl (C=O) groups is 1. The number of carboxylic acid groups (broad SMARTS) is 1. The van der Waals surface area contributed by atoms with Gasteiger partial charge in [0.05, 0.1) is 0 Å². The monoisotopic (exact) mass is 119 g/mol. The Morgan fingerprint density at radius 3 is 2.43 bits per heavy atom. The second-order valence-electron chi connectivity index (χ2n) is 1.14. The highest BCUT2D eigenvalue weighted by Crippen LogP contribution is 1.89. The molecular formula is C3H6NO2P. The van der Waals surface area contributed by atoms with E-state index in [-0.39, 0.29) is 0 Å². The molecule has 7 heavy (non-hydrogen) atoms. The first-order valence-electron chi connectivity index (χ1n) is 1.78. The van der Waals surface area contributed by atoms with E-state index in [2.05, 4.69) is 13.8 Å². The van der Waals surface area contributed by atoms with Gasteiger partial charge in [-0.05, 0) is 16.0 Å². The molecule has 0 aromatic heterocycles. The van der Waals surface area contributed by atoms with Gasteiger partial charge in [0.15, 0.2) is 0 Å². The van der Waals surface area contributed by atoms with Gasteiger partial charge in [-0.15, -0.1) is 0 Å². The fourth-order valence-electron chi connectivity index (χ4n) is 0.0552. The smallest absolute Gasteiger partial charge is 0.328 e. The largest absolute Gasteiger partial charge is 0.480 e. The van der Waals surface area contributed by atoms with Gasteiger partial charge in [0, 0.05) is 0 Å². The summed E-state index contributed by atoms with van der Waals surface area (Å²) >= 11 is 0. The fourth-order valence-corrected chi connectivity index (χ4v) is 0.166. The molecule has 0 amide bonds. The van der Waals surface area contributed by atoms with Crippen LogP contribution in [0.4, 0.5) is 0 Å². The zero-order chi connectivity index (χ0) is 5.86. The van der Waals surface area contributed by atoms with Gasteiger partial charge in [-0.3, -0.25) is 4.74 Å². The molecule has 0 aliphatic rings. The van der Waals surface area contributed by atoms with Gasteiger partial charge in [0.2, 0.25) is 0 Å². The average Bonchev–Trinajstić information content (AvgIpc) is 1.65. The van der Waals surface area contributed by atoms with Crippen molar-refractivity contribution in [1.82, 2.24) is 0 Å². The Morgan fingerprint density at radius 1 is 2.00 bits per heavy atom. The van der Waals surface area contributed by atoms with Gasteiger partial charge in [-0.25, -0.2) is 4.79 Å². The fraction of sp³-hybridized carbons (Fsp3) is 0.667. The van der Waals surface area contributed by atoms with E-state index in [9.17, 15) is 4.79 Å². The predicted octanol–water partition coefficient (Wildman–Crippen LogP) is 0.786. The molecule has 0 spiro atoms. The first-order chi connectivity index (χ1) is 3.18. The zero-order valence-corrected chi connectivity index (χ0v) is 4.88. The van der Waals surface area contributed by atoms with Crippen LogP contribution in [-0.4, -0.2) is 17.1 Å². The number of nitrogens with zero attached hydrogens (tertiary/aromatic N) is 1. The Kier molecular flexibility index (Phi) is 2.53. The number of aliphatic carboxylic acids is 1. The molecule has 0 heterocycles. The third-order valence-corrected chi connectivity index (χ3v) is 0.938. The molecule has 0 saturated carbocycles. The van der Waals surface area contributed by atoms with Crippen molar-refractivity contribution in [2.24, 2.45) is 4.74 Å². The lowest BCUT2D eigenvalue weighted by molar-refractivity contribution is -0.137. The Morgan fingerprint density at radius 2 is 2.43 bits per heavy atom. The number of hydrogen-bond acceptors (Lipinski definition) is 2. The van der Waals surface area contributed by atoms with Gasteiger partial charge < -0.3 is 5.11 Å². The van der Waals surface area contributed by atoms with Crippen molar-refractivity contribution < 1.29 is 9.90 Å². The van der Waals surface area contributed by atoms with Crippen LogP contribution in [0.25, 0.3) is 0 Å². The summed E-state index contributed by atoms with van der Waals surface area (Å²) < 4.78 is 3.29. The molecule has 1 N–H and O–H groups in total. The van der Waals surface area contributed by atoms with Gasteiger partial charge in [-0.1, -0.05) is 0 Å². The highest BCUT2D eigenvalue weighted by atomic mass is 31.0. The summed E-state index contributed by atoms with van der Waals surface area (Å²) in [4.78, 5) is 9.81. The van der Waals surface area contributed by atoms with E-state index < -0.39 is 12.0 Å². The Labute approximate surface area is 43.7 Å². The van der Waals surface area contributed by atoms with Crippen molar-refractivity contribution in [1.29, 1.82) is 0 Å². The maximum Gasteiger partial charge on any atom is 0.328 e. The molecule has 0 radical (unpaired) electrons. The van der Waals surface area contributed by atoms with Crippen molar-refractivity contribution >= 4 is 15.0 Å². The van der Waals surface area contributed by atoms with Crippen LogP contribution in [0.3, 0.4) is 0 Å². The zero-order valence-electron chi connectivity index (χ0n) is 3.88. The second-order valence-corrected chi connectivity index (χ2v) is 1.40. The number of hydrogen-bond donors (Lipinski definition) is 1. The van der Waals surface area contributed by atoms with E-state index in [0.717, 1.165) is 0 Å².